The van der Waals surface area contributed by atoms with Crippen LogP contribution in [-0.4, -0.2) is 17.5 Å². The van der Waals surface area contributed by atoms with Crippen molar-refractivity contribution in [1.29, 1.82) is 0 Å². The first-order chi connectivity index (χ1) is 15.9. The highest BCUT2D eigenvalue weighted by Gasteiger charge is 2.44. The third-order valence-electron chi connectivity index (χ3n) is 6.14. The first kappa shape index (κ1) is 20.9. The second-order valence-corrected chi connectivity index (χ2v) is 8.38. The van der Waals surface area contributed by atoms with Gasteiger partial charge >= 0.3 is 0 Å². The SMILES string of the molecule is CCOc1ccc([C@H]2c3c(oc4cc(C)c(C)cc4c3=O)C(=O)N2c2ccc(C)cn2)cc1. The molecule has 0 saturated carbocycles. The minimum atomic E-state index is -0.652. The maximum Gasteiger partial charge on any atom is 0.296 e. The lowest BCUT2D eigenvalue weighted by atomic mass is 9.97. The van der Waals surface area contributed by atoms with E-state index in [1.807, 2.05) is 70.2 Å². The van der Waals surface area contributed by atoms with Gasteiger partial charge in [-0.2, -0.15) is 0 Å². The van der Waals surface area contributed by atoms with Crippen LogP contribution in [0.5, 0.6) is 5.75 Å². The summed E-state index contributed by atoms with van der Waals surface area (Å²) in [5.74, 6) is 0.878. The van der Waals surface area contributed by atoms with E-state index in [1.165, 1.54) is 0 Å². The molecule has 33 heavy (non-hydrogen) atoms. The number of aromatic nitrogens is 1. The predicted molar refractivity (Wildman–Crippen MR) is 127 cm³/mol. The lowest BCUT2D eigenvalue weighted by Gasteiger charge is -2.24. The molecule has 1 aliphatic heterocycles. The zero-order valence-corrected chi connectivity index (χ0v) is 19.0. The number of aryl methyl sites for hydroxylation is 3. The fourth-order valence-electron chi connectivity index (χ4n) is 4.30. The Balaban J connectivity index is 1.77. The fourth-order valence-corrected chi connectivity index (χ4v) is 4.30. The van der Waals surface area contributed by atoms with Crippen molar-refractivity contribution in [3.8, 4) is 5.75 Å². The van der Waals surface area contributed by atoms with Crippen molar-refractivity contribution in [3.05, 3.63) is 98.5 Å². The van der Waals surface area contributed by atoms with Gasteiger partial charge in [-0.3, -0.25) is 14.5 Å². The number of hydrogen-bond donors (Lipinski definition) is 0. The highest BCUT2D eigenvalue weighted by atomic mass is 16.5. The molecule has 1 amide bonds. The van der Waals surface area contributed by atoms with Crippen molar-refractivity contribution in [2.45, 2.75) is 33.7 Å². The van der Waals surface area contributed by atoms with Crippen LogP contribution in [0.1, 0.15) is 51.3 Å². The summed E-state index contributed by atoms with van der Waals surface area (Å²) in [4.78, 5) is 33.4. The van der Waals surface area contributed by atoms with E-state index in [9.17, 15) is 9.59 Å². The summed E-state index contributed by atoms with van der Waals surface area (Å²) < 4.78 is 11.7. The smallest absolute Gasteiger partial charge is 0.296 e. The van der Waals surface area contributed by atoms with Crippen LogP contribution in [0, 0.1) is 20.8 Å². The van der Waals surface area contributed by atoms with E-state index in [2.05, 4.69) is 4.98 Å². The first-order valence-electron chi connectivity index (χ1n) is 11.0. The van der Waals surface area contributed by atoms with Crippen molar-refractivity contribution in [1.82, 2.24) is 4.98 Å². The van der Waals surface area contributed by atoms with Crippen molar-refractivity contribution in [3.63, 3.8) is 0 Å². The molecular formula is C27H24N2O4. The zero-order valence-electron chi connectivity index (χ0n) is 19.0. The van der Waals surface area contributed by atoms with Gasteiger partial charge in [0.25, 0.3) is 5.91 Å². The van der Waals surface area contributed by atoms with Crippen molar-refractivity contribution >= 4 is 22.7 Å². The molecule has 0 radical (unpaired) electrons. The summed E-state index contributed by atoms with van der Waals surface area (Å²) in [6, 6.07) is 14.1. The molecule has 1 aliphatic rings. The van der Waals surface area contributed by atoms with Gasteiger partial charge in [-0.1, -0.05) is 18.2 Å². The van der Waals surface area contributed by atoms with Crippen LogP contribution >= 0.6 is 0 Å². The Kier molecular flexibility index (Phi) is 5.01. The predicted octanol–water partition coefficient (Wildman–Crippen LogP) is 5.26. The Morgan fingerprint density at radius 2 is 1.73 bits per heavy atom. The number of benzene rings is 2. The third-order valence-corrected chi connectivity index (χ3v) is 6.14. The van der Waals surface area contributed by atoms with Crippen LogP contribution in [0.15, 0.2) is 63.9 Å². The topological polar surface area (TPSA) is 72.6 Å². The van der Waals surface area contributed by atoms with Gasteiger partial charge in [0.1, 0.15) is 17.2 Å². The second-order valence-electron chi connectivity index (χ2n) is 8.38. The van der Waals surface area contributed by atoms with E-state index >= 15 is 0 Å². The number of hydrogen-bond acceptors (Lipinski definition) is 5. The Morgan fingerprint density at radius 1 is 1.00 bits per heavy atom. The number of nitrogens with zero attached hydrogens (tertiary/aromatic N) is 2. The molecule has 6 nitrogen and oxygen atoms in total. The van der Waals surface area contributed by atoms with Crippen LogP contribution in [0.4, 0.5) is 5.82 Å². The lowest BCUT2D eigenvalue weighted by molar-refractivity contribution is 0.0970. The van der Waals surface area contributed by atoms with E-state index < -0.39 is 6.04 Å². The number of amides is 1. The molecule has 1 atom stereocenters. The van der Waals surface area contributed by atoms with Crippen LogP contribution in [-0.2, 0) is 0 Å². The maximum atomic E-state index is 13.7. The second kappa shape index (κ2) is 7.89. The Morgan fingerprint density at radius 3 is 2.39 bits per heavy atom. The fraction of sp³-hybridized carbons (Fsp3) is 0.222. The van der Waals surface area contributed by atoms with Crippen LogP contribution in [0.2, 0.25) is 0 Å². The minimum Gasteiger partial charge on any atom is -0.494 e. The highest BCUT2D eigenvalue weighted by Crippen LogP contribution is 2.41. The first-order valence-corrected chi connectivity index (χ1v) is 11.0. The average molecular weight is 440 g/mol. The summed E-state index contributed by atoms with van der Waals surface area (Å²) >= 11 is 0. The van der Waals surface area contributed by atoms with Gasteiger partial charge in [0.05, 0.1) is 23.6 Å². The number of fused-ring (bicyclic) bond motifs is 2. The molecular weight excluding hydrogens is 416 g/mol. The molecule has 5 rings (SSSR count). The molecule has 0 saturated heterocycles. The van der Waals surface area contributed by atoms with E-state index in [1.54, 1.807) is 17.2 Å². The monoisotopic (exact) mass is 440 g/mol. The normalized spacial score (nSPS) is 15.2. The molecule has 0 spiro atoms. The van der Waals surface area contributed by atoms with Crippen LogP contribution in [0.3, 0.4) is 0 Å². The quantitative estimate of drug-likeness (QED) is 0.433. The molecule has 0 bridgehead atoms. The number of carbonyl (C=O) groups is 1. The van der Waals surface area contributed by atoms with E-state index in [0.717, 1.165) is 28.0 Å². The number of rotatable bonds is 4. The minimum absolute atomic E-state index is 0.0667. The molecule has 2 aromatic carbocycles. The summed E-state index contributed by atoms with van der Waals surface area (Å²) in [6.45, 7) is 8.32. The Labute approximate surface area is 191 Å². The van der Waals surface area contributed by atoms with Crippen molar-refractivity contribution in [2.24, 2.45) is 0 Å². The summed E-state index contributed by atoms with van der Waals surface area (Å²) in [5, 5.41) is 0.472. The molecule has 0 unspecified atom stereocenters. The van der Waals surface area contributed by atoms with E-state index in [0.29, 0.717) is 29.0 Å². The van der Waals surface area contributed by atoms with Gasteiger partial charge in [-0.15, -0.1) is 0 Å². The molecule has 166 valence electrons. The van der Waals surface area contributed by atoms with Gasteiger partial charge in [0.15, 0.2) is 5.43 Å². The van der Waals surface area contributed by atoms with Crippen molar-refractivity contribution in [2.75, 3.05) is 11.5 Å². The summed E-state index contributed by atoms with van der Waals surface area (Å²) in [5.41, 5.74) is 4.30. The summed E-state index contributed by atoms with van der Waals surface area (Å²) in [7, 11) is 0. The molecule has 2 aromatic heterocycles. The lowest BCUT2D eigenvalue weighted by Crippen LogP contribution is -2.30. The van der Waals surface area contributed by atoms with Crippen LogP contribution in [0.25, 0.3) is 11.0 Å². The van der Waals surface area contributed by atoms with Gasteiger partial charge in [-0.05, 0) is 80.3 Å². The molecule has 4 aromatic rings. The number of anilines is 1. The number of pyridine rings is 1. The Hall–Kier alpha value is -3.93. The number of carbonyl (C=O) groups excluding carboxylic acids is 1. The molecule has 0 fully saturated rings. The van der Waals surface area contributed by atoms with E-state index in [-0.39, 0.29) is 17.1 Å². The van der Waals surface area contributed by atoms with E-state index in [4.69, 9.17) is 9.15 Å². The van der Waals surface area contributed by atoms with Crippen LogP contribution < -0.4 is 15.1 Å². The van der Waals surface area contributed by atoms with Gasteiger partial charge in [0.2, 0.25) is 5.76 Å². The molecule has 6 heteroatoms. The maximum absolute atomic E-state index is 13.7. The van der Waals surface area contributed by atoms with Gasteiger partial charge < -0.3 is 9.15 Å². The largest absolute Gasteiger partial charge is 0.494 e. The molecule has 0 N–H and O–H groups in total. The number of ether oxygens (including phenoxy) is 1. The highest BCUT2D eigenvalue weighted by molar-refractivity contribution is 6.10. The summed E-state index contributed by atoms with van der Waals surface area (Å²) in [6.07, 6.45) is 1.71. The molecule has 3 heterocycles. The van der Waals surface area contributed by atoms with Gasteiger partial charge in [-0.25, -0.2) is 4.98 Å². The zero-order chi connectivity index (χ0) is 23.3. The average Bonchev–Trinajstić information content (AvgIpc) is 3.09. The molecule has 0 aliphatic carbocycles. The third kappa shape index (κ3) is 3.39. The standard InChI is InChI=1S/C27H24N2O4/c1-5-32-19-9-7-18(8-10-19)24-23-25(30)20-12-16(3)17(4)13-21(20)33-26(23)27(31)29(24)22-11-6-15(2)14-28-22/h6-14,24H,5H2,1-4H3/t24-/m0/s1. The Bertz CT molecular complexity index is 1440. The van der Waals surface area contributed by atoms with Gasteiger partial charge in [0, 0.05) is 6.20 Å². The van der Waals surface area contributed by atoms with Crippen molar-refractivity contribution < 1.29 is 13.9 Å².